The van der Waals surface area contributed by atoms with E-state index in [0.29, 0.717) is 35.2 Å². The molecule has 6 heteroatoms. The van der Waals surface area contributed by atoms with Gasteiger partial charge in [0.1, 0.15) is 5.82 Å². The van der Waals surface area contributed by atoms with Gasteiger partial charge in [-0.25, -0.2) is 4.39 Å². The predicted molar refractivity (Wildman–Crippen MR) is 131 cm³/mol. The van der Waals surface area contributed by atoms with Gasteiger partial charge in [-0.05, 0) is 54.4 Å². The fourth-order valence-electron chi connectivity index (χ4n) is 4.49. The van der Waals surface area contributed by atoms with Crippen LogP contribution in [-0.4, -0.2) is 59.2 Å². The molecule has 1 aliphatic heterocycles. The number of hydrogen-bond acceptors (Lipinski definition) is 3. The molecule has 3 aromatic carbocycles. The van der Waals surface area contributed by atoms with Gasteiger partial charge in [-0.1, -0.05) is 30.3 Å². The van der Waals surface area contributed by atoms with E-state index in [2.05, 4.69) is 34.1 Å². The summed E-state index contributed by atoms with van der Waals surface area (Å²) >= 11 is 0. The summed E-state index contributed by atoms with van der Waals surface area (Å²) in [5, 5.41) is 0.696. The summed E-state index contributed by atoms with van der Waals surface area (Å²) in [6.45, 7) is 4.04. The molecule has 0 atom stereocenters. The van der Waals surface area contributed by atoms with E-state index >= 15 is 0 Å². The van der Waals surface area contributed by atoms with E-state index in [4.69, 9.17) is 0 Å². The van der Waals surface area contributed by atoms with E-state index in [1.807, 2.05) is 17.0 Å². The summed E-state index contributed by atoms with van der Waals surface area (Å²) in [6.07, 6.45) is 2.65. The molecule has 0 radical (unpaired) electrons. The number of carbonyl (C=O) groups excluding carboxylic acids is 2. The molecule has 0 unspecified atom stereocenters. The zero-order valence-electron chi connectivity index (χ0n) is 18.8. The molecule has 5 nitrogen and oxygen atoms in total. The molecule has 2 heterocycles. The van der Waals surface area contributed by atoms with Gasteiger partial charge in [0.2, 0.25) is 0 Å². The first-order valence-electron chi connectivity index (χ1n) is 11.6. The predicted octanol–water partition coefficient (Wildman–Crippen LogP) is 4.54. The van der Waals surface area contributed by atoms with Crippen LogP contribution in [0.25, 0.3) is 10.9 Å². The number of aromatic nitrogens is 1. The second-order valence-electron chi connectivity index (χ2n) is 8.67. The number of hydrogen-bond donors (Lipinski definition) is 1. The number of H-pyrrole nitrogens is 1. The molecule has 1 aromatic heterocycles. The van der Waals surface area contributed by atoms with Crippen molar-refractivity contribution in [1.29, 1.82) is 0 Å². The largest absolute Gasteiger partial charge is 0.360 e. The number of aromatic amines is 1. The van der Waals surface area contributed by atoms with Crippen molar-refractivity contribution in [1.82, 2.24) is 14.8 Å². The molecule has 1 saturated heterocycles. The number of rotatable bonds is 6. The maximum Gasteiger partial charge on any atom is 0.253 e. The third kappa shape index (κ3) is 4.63. The van der Waals surface area contributed by atoms with E-state index in [9.17, 15) is 14.0 Å². The smallest absolute Gasteiger partial charge is 0.253 e. The standard InChI is InChI=1S/C28H26FN3O2/c29-23-9-6-21(7-10-23)27(33)25-19-30-26-11-8-22(18-24(25)26)28(34)32-16-14-31(15-17-32)13-12-20-4-2-1-3-5-20/h1-11,18-19,30H,12-17H2. The Morgan fingerprint density at radius 1 is 0.853 bits per heavy atom. The molecule has 0 aliphatic carbocycles. The molecule has 0 spiro atoms. The maximum atomic E-state index is 13.2. The van der Waals surface area contributed by atoms with Gasteiger partial charge in [-0.3, -0.25) is 14.5 Å². The monoisotopic (exact) mass is 455 g/mol. The lowest BCUT2D eigenvalue weighted by Gasteiger charge is -2.34. The molecular formula is C28H26FN3O2. The number of benzene rings is 3. The second kappa shape index (κ2) is 9.61. The number of carbonyl (C=O) groups is 2. The number of ketones is 1. The fraction of sp³-hybridized carbons (Fsp3) is 0.214. The van der Waals surface area contributed by atoms with E-state index in [1.165, 1.54) is 29.8 Å². The van der Waals surface area contributed by atoms with Crippen molar-refractivity contribution in [3.63, 3.8) is 0 Å². The van der Waals surface area contributed by atoms with Crippen molar-refractivity contribution in [2.45, 2.75) is 6.42 Å². The van der Waals surface area contributed by atoms with E-state index in [0.717, 1.165) is 31.6 Å². The van der Waals surface area contributed by atoms with Crippen molar-refractivity contribution in [2.75, 3.05) is 32.7 Å². The summed E-state index contributed by atoms with van der Waals surface area (Å²) < 4.78 is 13.2. The van der Waals surface area contributed by atoms with Gasteiger partial charge in [0.05, 0.1) is 0 Å². The Hall–Kier alpha value is -3.77. The van der Waals surface area contributed by atoms with Gasteiger partial charge in [0.25, 0.3) is 5.91 Å². The topological polar surface area (TPSA) is 56.4 Å². The summed E-state index contributed by atoms with van der Waals surface area (Å²) in [7, 11) is 0. The van der Waals surface area contributed by atoms with E-state index < -0.39 is 0 Å². The van der Waals surface area contributed by atoms with Crippen LogP contribution in [0.4, 0.5) is 4.39 Å². The van der Waals surface area contributed by atoms with Gasteiger partial charge in [-0.15, -0.1) is 0 Å². The van der Waals surface area contributed by atoms with Gasteiger partial charge < -0.3 is 9.88 Å². The van der Waals surface area contributed by atoms with Crippen LogP contribution in [0.5, 0.6) is 0 Å². The number of nitrogens with one attached hydrogen (secondary N) is 1. The van der Waals surface area contributed by atoms with Crippen LogP contribution in [0.15, 0.2) is 79.0 Å². The Kier molecular flexibility index (Phi) is 6.23. The van der Waals surface area contributed by atoms with Gasteiger partial charge >= 0.3 is 0 Å². The number of piperazine rings is 1. The molecule has 0 saturated carbocycles. The summed E-state index contributed by atoms with van der Waals surface area (Å²) in [6, 6.07) is 21.4. The lowest BCUT2D eigenvalue weighted by molar-refractivity contribution is 0.0638. The van der Waals surface area contributed by atoms with Crippen molar-refractivity contribution in [3.05, 3.63) is 107 Å². The van der Waals surface area contributed by atoms with Crippen LogP contribution in [0.1, 0.15) is 31.8 Å². The molecule has 1 N–H and O–H groups in total. The molecule has 0 bridgehead atoms. The van der Waals surface area contributed by atoms with Crippen molar-refractivity contribution in [2.24, 2.45) is 0 Å². The first-order chi connectivity index (χ1) is 16.6. The lowest BCUT2D eigenvalue weighted by atomic mass is 10.0. The molecule has 34 heavy (non-hydrogen) atoms. The molecule has 1 aliphatic rings. The van der Waals surface area contributed by atoms with E-state index in [-0.39, 0.29) is 17.5 Å². The minimum Gasteiger partial charge on any atom is -0.360 e. The Bertz CT molecular complexity index is 1310. The van der Waals surface area contributed by atoms with Crippen molar-refractivity contribution >= 4 is 22.6 Å². The highest BCUT2D eigenvalue weighted by molar-refractivity contribution is 6.17. The lowest BCUT2D eigenvalue weighted by Crippen LogP contribution is -2.49. The van der Waals surface area contributed by atoms with Crippen LogP contribution in [0.2, 0.25) is 0 Å². The van der Waals surface area contributed by atoms with Crippen LogP contribution in [0.3, 0.4) is 0 Å². The molecule has 1 fully saturated rings. The fourth-order valence-corrected chi connectivity index (χ4v) is 4.49. The Morgan fingerprint density at radius 3 is 2.29 bits per heavy atom. The molecular weight excluding hydrogens is 429 g/mol. The van der Waals surface area contributed by atoms with Crippen LogP contribution in [0, 0.1) is 5.82 Å². The summed E-state index contributed by atoms with van der Waals surface area (Å²) in [5.41, 5.74) is 3.56. The second-order valence-corrected chi connectivity index (χ2v) is 8.67. The zero-order valence-corrected chi connectivity index (χ0v) is 18.8. The van der Waals surface area contributed by atoms with Crippen LogP contribution < -0.4 is 0 Å². The molecule has 1 amide bonds. The SMILES string of the molecule is O=C(c1ccc(F)cc1)c1c[nH]c2ccc(C(=O)N3CCN(CCc4ccccc4)CC3)cc12. The average molecular weight is 456 g/mol. The Morgan fingerprint density at radius 2 is 1.56 bits per heavy atom. The van der Waals surface area contributed by atoms with Gasteiger partial charge in [-0.2, -0.15) is 0 Å². The summed E-state index contributed by atoms with van der Waals surface area (Å²) in [4.78, 5) is 33.6. The maximum absolute atomic E-state index is 13.2. The Labute approximate surface area is 197 Å². The van der Waals surface area contributed by atoms with E-state index in [1.54, 1.807) is 18.3 Å². The molecule has 5 rings (SSSR count). The highest BCUT2D eigenvalue weighted by Crippen LogP contribution is 2.24. The quantitative estimate of drug-likeness (QED) is 0.435. The number of fused-ring (bicyclic) bond motifs is 1. The minimum absolute atomic E-state index is 0.0222. The van der Waals surface area contributed by atoms with Crippen molar-refractivity contribution < 1.29 is 14.0 Å². The first kappa shape index (κ1) is 22.0. The molecule has 172 valence electrons. The number of nitrogens with zero attached hydrogens (tertiary/aromatic N) is 2. The van der Waals surface area contributed by atoms with Crippen molar-refractivity contribution in [3.8, 4) is 0 Å². The van der Waals surface area contributed by atoms with Gasteiger partial charge in [0.15, 0.2) is 5.78 Å². The Balaban J connectivity index is 1.26. The average Bonchev–Trinajstić information content (AvgIpc) is 3.31. The third-order valence-corrected chi connectivity index (χ3v) is 6.50. The highest BCUT2D eigenvalue weighted by atomic mass is 19.1. The zero-order chi connectivity index (χ0) is 23.5. The number of halogens is 1. The molecule has 4 aromatic rings. The highest BCUT2D eigenvalue weighted by Gasteiger charge is 2.23. The normalized spacial score (nSPS) is 14.4. The minimum atomic E-state index is -0.386. The van der Waals surface area contributed by atoms with Gasteiger partial charge in [0, 0.05) is 66.5 Å². The number of amides is 1. The third-order valence-electron chi connectivity index (χ3n) is 6.50. The first-order valence-corrected chi connectivity index (χ1v) is 11.6. The van der Waals surface area contributed by atoms with Crippen LogP contribution in [-0.2, 0) is 6.42 Å². The summed E-state index contributed by atoms with van der Waals surface area (Å²) in [5.74, 6) is -0.614. The van der Waals surface area contributed by atoms with Crippen LogP contribution >= 0.6 is 0 Å².